The summed E-state index contributed by atoms with van der Waals surface area (Å²) in [5.74, 6) is 0. The summed E-state index contributed by atoms with van der Waals surface area (Å²) in [5.41, 5.74) is 5.86. The van der Waals surface area contributed by atoms with Crippen molar-refractivity contribution >= 4 is 0 Å². The molecule has 0 aromatic carbocycles. The van der Waals surface area contributed by atoms with E-state index in [1.807, 2.05) is 6.92 Å². The van der Waals surface area contributed by atoms with Crippen molar-refractivity contribution in [3.05, 3.63) is 0 Å². The molecule has 0 fully saturated rings. The second kappa shape index (κ2) is 6.35. The van der Waals surface area contributed by atoms with Gasteiger partial charge < -0.3 is 10.5 Å². The zero-order chi connectivity index (χ0) is 10.4. The summed E-state index contributed by atoms with van der Waals surface area (Å²) >= 11 is 0. The molecule has 0 bridgehead atoms. The maximum atomic E-state index is 5.86. The average Bonchev–Trinajstić information content (AvgIpc) is 2.05. The monoisotopic (exact) mass is 188 g/mol. The van der Waals surface area contributed by atoms with Crippen LogP contribution < -0.4 is 5.73 Å². The Morgan fingerprint density at radius 3 is 2.15 bits per heavy atom. The molecule has 3 nitrogen and oxygen atoms in total. The highest BCUT2D eigenvalue weighted by atomic mass is 16.5. The van der Waals surface area contributed by atoms with E-state index >= 15 is 0 Å². The van der Waals surface area contributed by atoms with Crippen molar-refractivity contribution in [1.29, 1.82) is 0 Å². The maximum Gasteiger partial charge on any atom is 0.0615 e. The summed E-state index contributed by atoms with van der Waals surface area (Å²) in [6.45, 7) is 10.3. The fourth-order valence-electron chi connectivity index (χ4n) is 1.64. The Kier molecular flexibility index (Phi) is 6.29. The third-order valence-electron chi connectivity index (χ3n) is 2.62. The Hall–Kier alpha value is -0.120. The maximum absolute atomic E-state index is 5.86. The van der Waals surface area contributed by atoms with Crippen molar-refractivity contribution < 1.29 is 4.74 Å². The number of nitrogens with zero attached hydrogens (tertiary/aromatic N) is 1. The molecule has 0 aliphatic heterocycles. The van der Waals surface area contributed by atoms with Crippen molar-refractivity contribution in [2.45, 2.75) is 45.8 Å². The number of methoxy groups -OCH3 is 1. The molecule has 13 heavy (non-hydrogen) atoms. The van der Waals surface area contributed by atoms with E-state index in [4.69, 9.17) is 10.5 Å². The zero-order valence-corrected chi connectivity index (χ0v) is 9.58. The second-order valence-electron chi connectivity index (χ2n) is 3.73. The highest BCUT2D eigenvalue weighted by Gasteiger charge is 2.20. The Labute approximate surface area is 82.2 Å². The van der Waals surface area contributed by atoms with Crippen LogP contribution in [-0.4, -0.2) is 43.3 Å². The first-order valence-corrected chi connectivity index (χ1v) is 5.04. The van der Waals surface area contributed by atoms with E-state index in [0.29, 0.717) is 12.1 Å². The Bertz CT molecular complexity index is 128. The highest BCUT2D eigenvalue weighted by molar-refractivity contribution is 4.78. The third-order valence-corrected chi connectivity index (χ3v) is 2.62. The first-order chi connectivity index (χ1) is 6.04. The summed E-state index contributed by atoms with van der Waals surface area (Å²) < 4.78 is 5.13. The fraction of sp³-hybridized carbons (Fsp3) is 1.00. The number of ether oxygens (including phenoxy) is 1. The van der Waals surface area contributed by atoms with Gasteiger partial charge in [-0.3, -0.25) is 4.90 Å². The smallest absolute Gasteiger partial charge is 0.0615 e. The van der Waals surface area contributed by atoms with Gasteiger partial charge in [-0.15, -0.1) is 0 Å². The Morgan fingerprint density at radius 1 is 1.31 bits per heavy atom. The van der Waals surface area contributed by atoms with Gasteiger partial charge in [0.1, 0.15) is 0 Å². The normalized spacial score (nSPS) is 18.7. The number of hydrogen-bond acceptors (Lipinski definition) is 3. The molecule has 0 saturated carbocycles. The predicted octanol–water partition coefficient (Wildman–Crippen LogP) is 1.08. The third kappa shape index (κ3) is 4.07. The number of likely N-dealkylation sites (N-methyl/N-ethyl adjacent to an activating group) is 1. The summed E-state index contributed by atoms with van der Waals surface area (Å²) in [6.07, 6.45) is 0. The van der Waals surface area contributed by atoms with Crippen LogP contribution >= 0.6 is 0 Å². The molecule has 0 aliphatic carbocycles. The van der Waals surface area contributed by atoms with Gasteiger partial charge in [0, 0.05) is 25.2 Å². The quantitative estimate of drug-likeness (QED) is 0.678. The fourth-order valence-corrected chi connectivity index (χ4v) is 1.64. The van der Waals surface area contributed by atoms with Crippen LogP contribution in [0.15, 0.2) is 0 Å². The van der Waals surface area contributed by atoms with Crippen LogP contribution in [0.25, 0.3) is 0 Å². The molecule has 0 heterocycles. The molecule has 3 heteroatoms. The van der Waals surface area contributed by atoms with Gasteiger partial charge in [0.2, 0.25) is 0 Å². The largest absolute Gasteiger partial charge is 0.383 e. The molecule has 3 unspecified atom stereocenters. The Balaban J connectivity index is 4.14. The summed E-state index contributed by atoms with van der Waals surface area (Å²) in [5, 5.41) is 0. The van der Waals surface area contributed by atoms with E-state index < -0.39 is 0 Å². The second-order valence-corrected chi connectivity index (χ2v) is 3.73. The molecule has 3 atom stereocenters. The average molecular weight is 188 g/mol. The van der Waals surface area contributed by atoms with Gasteiger partial charge in [-0.2, -0.15) is 0 Å². The van der Waals surface area contributed by atoms with Gasteiger partial charge in [0.05, 0.1) is 6.61 Å². The summed E-state index contributed by atoms with van der Waals surface area (Å²) in [7, 11) is 1.74. The zero-order valence-electron chi connectivity index (χ0n) is 9.58. The molecular weight excluding hydrogens is 164 g/mol. The van der Waals surface area contributed by atoms with Gasteiger partial charge >= 0.3 is 0 Å². The van der Waals surface area contributed by atoms with Crippen molar-refractivity contribution in [1.82, 2.24) is 4.90 Å². The molecule has 0 aromatic heterocycles. The molecular formula is C10H24N2O. The van der Waals surface area contributed by atoms with E-state index in [1.54, 1.807) is 7.11 Å². The van der Waals surface area contributed by atoms with Crippen molar-refractivity contribution in [3.63, 3.8) is 0 Å². The van der Waals surface area contributed by atoms with Crippen LogP contribution in [0, 0.1) is 0 Å². The topological polar surface area (TPSA) is 38.5 Å². The number of hydrogen-bond donors (Lipinski definition) is 1. The van der Waals surface area contributed by atoms with Crippen LogP contribution in [-0.2, 0) is 4.74 Å². The first-order valence-electron chi connectivity index (χ1n) is 5.04. The van der Waals surface area contributed by atoms with Crippen LogP contribution in [0.4, 0.5) is 0 Å². The van der Waals surface area contributed by atoms with Gasteiger partial charge in [-0.25, -0.2) is 0 Å². The van der Waals surface area contributed by atoms with Crippen LogP contribution in [0.2, 0.25) is 0 Å². The lowest BCUT2D eigenvalue weighted by atomic mass is 10.1. The van der Waals surface area contributed by atoms with Crippen molar-refractivity contribution in [2.24, 2.45) is 5.73 Å². The lowest BCUT2D eigenvalue weighted by Gasteiger charge is -2.35. The summed E-state index contributed by atoms with van der Waals surface area (Å²) in [4.78, 5) is 2.37. The minimum Gasteiger partial charge on any atom is -0.383 e. The minimum absolute atomic E-state index is 0.208. The van der Waals surface area contributed by atoms with E-state index in [2.05, 4.69) is 25.7 Å². The SMILES string of the molecule is CCN(C(C)COC)C(C)C(C)N. The van der Waals surface area contributed by atoms with Gasteiger partial charge in [0.15, 0.2) is 0 Å². The molecule has 0 aromatic rings. The van der Waals surface area contributed by atoms with Crippen LogP contribution in [0.1, 0.15) is 27.7 Å². The lowest BCUT2D eigenvalue weighted by molar-refractivity contribution is 0.0719. The minimum atomic E-state index is 0.208. The lowest BCUT2D eigenvalue weighted by Crippen LogP contribution is -2.49. The Morgan fingerprint density at radius 2 is 1.85 bits per heavy atom. The van der Waals surface area contributed by atoms with Crippen LogP contribution in [0.5, 0.6) is 0 Å². The highest BCUT2D eigenvalue weighted by Crippen LogP contribution is 2.07. The molecule has 0 spiro atoms. The molecule has 80 valence electrons. The van der Waals surface area contributed by atoms with Gasteiger partial charge in [-0.05, 0) is 27.3 Å². The molecule has 0 amide bonds. The molecule has 0 aliphatic rings. The van der Waals surface area contributed by atoms with Crippen LogP contribution in [0.3, 0.4) is 0 Å². The molecule has 0 radical (unpaired) electrons. The summed E-state index contributed by atoms with van der Waals surface area (Å²) in [6, 6.07) is 1.06. The number of nitrogens with two attached hydrogens (primary N) is 1. The van der Waals surface area contributed by atoms with E-state index in [0.717, 1.165) is 13.2 Å². The standard InChI is InChI=1S/C10H24N2O/c1-6-12(8(2)7-13-5)10(4)9(3)11/h8-10H,6-7,11H2,1-5H3. The first kappa shape index (κ1) is 12.9. The molecule has 0 saturated heterocycles. The van der Waals surface area contributed by atoms with Gasteiger partial charge in [0.25, 0.3) is 0 Å². The van der Waals surface area contributed by atoms with E-state index in [-0.39, 0.29) is 6.04 Å². The van der Waals surface area contributed by atoms with Crippen molar-refractivity contribution in [3.8, 4) is 0 Å². The van der Waals surface area contributed by atoms with Gasteiger partial charge in [-0.1, -0.05) is 6.92 Å². The van der Waals surface area contributed by atoms with E-state index in [9.17, 15) is 0 Å². The van der Waals surface area contributed by atoms with E-state index in [1.165, 1.54) is 0 Å². The number of rotatable bonds is 6. The van der Waals surface area contributed by atoms with Crippen molar-refractivity contribution in [2.75, 3.05) is 20.3 Å². The molecule has 2 N–H and O–H groups in total. The molecule has 0 rings (SSSR count). The predicted molar refractivity (Wildman–Crippen MR) is 56.8 cm³/mol.